The summed E-state index contributed by atoms with van der Waals surface area (Å²) in [6.45, 7) is 4.15. The molecule has 0 aromatic rings. The van der Waals surface area contributed by atoms with Crippen LogP contribution in [0.4, 0.5) is 0 Å². The third-order valence-corrected chi connectivity index (χ3v) is 1.66. The van der Waals surface area contributed by atoms with Crippen LogP contribution in [0, 0.1) is 5.92 Å². The minimum atomic E-state index is 0.751. The fourth-order valence-electron chi connectivity index (χ4n) is 0.964. The van der Waals surface area contributed by atoms with E-state index >= 15 is 0 Å². The van der Waals surface area contributed by atoms with Gasteiger partial charge < -0.3 is 0 Å². The van der Waals surface area contributed by atoms with E-state index in [1.54, 1.807) is 0 Å². The molecule has 0 aliphatic rings. The molecular weight excluding hydrogens is 119 g/mol. The van der Waals surface area contributed by atoms with Crippen LogP contribution in [0.5, 0.6) is 0 Å². The van der Waals surface area contributed by atoms with Gasteiger partial charge in [-0.1, -0.05) is 30.6 Å². The maximum Gasteiger partial charge on any atom is 0.102 e. The number of hydrogen-bond donors (Lipinski definition) is 0. The lowest BCUT2D eigenvalue weighted by atomic mass is 9.88. The predicted octanol–water partition coefficient (Wildman–Crippen LogP) is 2.20. The van der Waals surface area contributed by atoms with Crippen LogP contribution in [0.15, 0.2) is 24.3 Å². The first-order valence-corrected chi connectivity index (χ1v) is 4.09. The molecule has 0 nitrogen and oxygen atoms in total. The Balaban J connectivity index is 3.60. The Labute approximate surface area is 65.4 Å². The van der Waals surface area contributed by atoms with Gasteiger partial charge in [-0.05, 0) is 26.2 Å². The quantitative estimate of drug-likeness (QED) is 0.410. The lowest BCUT2D eigenvalue weighted by molar-refractivity contribution is 0.741. The van der Waals surface area contributed by atoms with E-state index in [0.717, 1.165) is 5.92 Å². The lowest BCUT2D eigenvalue weighted by Gasteiger charge is -2.04. The second-order valence-electron chi connectivity index (χ2n) is 2.50. The molecule has 0 bridgehead atoms. The molecule has 0 N–H and O–H groups in total. The highest BCUT2D eigenvalue weighted by Gasteiger charge is 1.95. The van der Waals surface area contributed by atoms with Gasteiger partial charge in [0.1, 0.15) is 7.85 Å². The van der Waals surface area contributed by atoms with Crippen LogP contribution in [0.3, 0.4) is 0 Å². The Bertz CT molecular complexity index is 114. The Morgan fingerprint density at radius 1 is 1.30 bits per heavy atom. The van der Waals surface area contributed by atoms with Gasteiger partial charge in [0.05, 0.1) is 0 Å². The Hall–Kier alpha value is -0.455. The van der Waals surface area contributed by atoms with E-state index in [9.17, 15) is 0 Å². The van der Waals surface area contributed by atoms with Gasteiger partial charge >= 0.3 is 0 Å². The predicted molar refractivity (Wildman–Crippen MR) is 51.1 cm³/mol. The SMILES string of the molecule is BCC(/C=C\C)C/C=C\C. The standard InChI is InChI=1S/C9H17B/c1-3-5-7-9(8-10)6-4-2/h3-6,9H,7-8,10H2,1-2H3/b5-3-,6-4-. The van der Waals surface area contributed by atoms with Crippen molar-refractivity contribution in [1.82, 2.24) is 0 Å². The number of allylic oxidation sites excluding steroid dienone is 4. The summed E-state index contributed by atoms with van der Waals surface area (Å²) < 4.78 is 0. The van der Waals surface area contributed by atoms with Crippen molar-refractivity contribution in [2.75, 3.05) is 0 Å². The van der Waals surface area contributed by atoms with E-state index in [4.69, 9.17) is 0 Å². The van der Waals surface area contributed by atoms with Crippen LogP contribution in [0.2, 0.25) is 6.32 Å². The zero-order chi connectivity index (χ0) is 7.82. The van der Waals surface area contributed by atoms with E-state index in [0.29, 0.717) is 0 Å². The van der Waals surface area contributed by atoms with Crippen molar-refractivity contribution in [2.45, 2.75) is 26.6 Å². The maximum atomic E-state index is 2.28. The monoisotopic (exact) mass is 136 g/mol. The molecule has 10 heavy (non-hydrogen) atoms. The van der Waals surface area contributed by atoms with Gasteiger partial charge in [-0.15, -0.1) is 0 Å². The fourth-order valence-corrected chi connectivity index (χ4v) is 0.964. The smallest absolute Gasteiger partial charge is 0.0916 e. The lowest BCUT2D eigenvalue weighted by Crippen LogP contribution is -1.92. The summed E-state index contributed by atoms with van der Waals surface area (Å²) in [5, 5.41) is 0. The van der Waals surface area contributed by atoms with Crippen molar-refractivity contribution in [1.29, 1.82) is 0 Å². The highest BCUT2D eigenvalue weighted by atomic mass is 14.0. The Morgan fingerprint density at radius 2 is 2.00 bits per heavy atom. The van der Waals surface area contributed by atoms with Crippen LogP contribution < -0.4 is 0 Å². The van der Waals surface area contributed by atoms with Crippen LogP contribution in [0.1, 0.15) is 20.3 Å². The Kier molecular flexibility index (Phi) is 6.36. The van der Waals surface area contributed by atoms with Crippen molar-refractivity contribution in [3.8, 4) is 0 Å². The molecule has 0 fully saturated rings. The summed E-state index contributed by atoms with van der Waals surface area (Å²) in [7, 11) is 2.23. The molecule has 0 amide bonds. The summed E-state index contributed by atoms with van der Waals surface area (Å²) in [5.41, 5.74) is 0. The molecule has 0 aromatic heterocycles. The molecule has 0 aromatic carbocycles. The minimum absolute atomic E-state index is 0.751. The van der Waals surface area contributed by atoms with Crippen molar-refractivity contribution in [2.24, 2.45) is 5.92 Å². The molecular formula is C9H17B. The van der Waals surface area contributed by atoms with Gasteiger partial charge in [0.2, 0.25) is 0 Å². The summed E-state index contributed by atoms with van der Waals surface area (Å²) in [5.74, 6) is 0.751. The van der Waals surface area contributed by atoms with Crippen molar-refractivity contribution >= 4 is 7.85 Å². The third-order valence-electron chi connectivity index (χ3n) is 1.66. The van der Waals surface area contributed by atoms with Gasteiger partial charge in [0.25, 0.3) is 0 Å². The van der Waals surface area contributed by atoms with Gasteiger partial charge in [-0.2, -0.15) is 0 Å². The van der Waals surface area contributed by atoms with E-state index in [2.05, 4.69) is 46.0 Å². The average molecular weight is 136 g/mol. The molecule has 0 spiro atoms. The minimum Gasteiger partial charge on any atom is -0.0916 e. The average Bonchev–Trinajstić information content (AvgIpc) is 1.98. The summed E-state index contributed by atoms with van der Waals surface area (Å²) in [6.07, 6.45) is 11.2. The molecule has 1 unspecified atom stereocenters. The third kappa shape index (κ3) is 4.43. The molecule has 1 atom stereocenters. The molecule has 56 valence electrons. The van der Waals surface area contributed by atoms with E-state index in [-0.39, 0.29) is 0 Å². The van der Waals surface area contributed by atoms with Gasteiger partial charge in [-0.3, -0.25) is 0 Å². The molecule has 0 heterocycles. The molecule has 0 radical (unpaired) electrons. The molecule has 0 aliphatic carbocycles. The van der Waals surface area contributed by atoms with E-state index in [1.807, 2.05) is 0 Å². The zero-order valence-corrected chi connectivity index (χ0v) is 7.30. The van der Waals surface area contributed by atoms with E-state index in [1.165, 1.54) is 12.7 Å². The van der Waals surface area contributed by atoms with Crippen LogP contribution >= 0.6 is 0 Å². The van der Waals surface area contributed by atoms with E-state index < -0.39 is 0 Å². The van der Waals surface area contributed by atoms with Crippen LogP contribution in [-0.2, 0) is 0 Å². The number of hydrogen-bond acceptors (Lipinski definition) is 0. The first-order chi connectivity index (χ1) is 4.85. The van der Waals surface area contributed by atoms with Gasteiger partial charge in [0.15, 0.2) is 0 Å². The van der Waals surface area contributed by atoms with Crippen LogP contribution in [0.25, 0.3) is 0 Å². The number of rotatable bonds is 4. The first-order valence-electron chi connectivity index (χ1n) is 4.09. The van der Waals surface area contributed by atoms with Gasteiger partial charge in [0, 0.05) is 0 Å². The molecule has 0 rings (SSSR count). The van der Waals surface area contributed by atoms with Crippen molar-refractivity contribution < 1.29 is 0 Å². The molecule has 0 saturated heterocycles. The van der Waals surface area contributed by atoms with Crippen molar-refractivity contribution in [3.05, 3.63) is 24.3 Å². The summed E-state index contributed by atoms with van der Waals surface area (Å²) >= 11 is 0. The van der Waals surface area contributed by atoms with Gasteiger partial charge in [-0.25, -0.2) is 0 Å². The Morgan fingerprint density at radius 3 is 2.40 bits per heavy atom. The summed E-state index contributed by atoms with van der Waals surface area (Å²) in [6, 6.07) is 0. The normalized spacial score (nSPS) is 15.0. The molecule has 1 heteroatoms. The second kappa shape index (κ2) is 6.66. The second-order valence-corrected chi connectivity index (χ2v) is 2.50. The first kappa shape index (κ1) is 9.54. The fraction of sp³-hybridized carbons (Fsp3) is 0.556. The van der Waals surface area contributed by atoms with Crippen molar-refractivity contribution in [3.63, 3.8) is 0 Å². The topological polar surface area (TPSA) is 0 Å². The zero-order valence-electron chi connectivity index (χ0n) is 7.30. The van der Waals surface area contributed by atoms with Crippen LogP contribution in [-0.4, -0.2) is 7.85 Å². The highest BCUT2D eigenvalue weighted by molar-refractivity contribution is 6.08. The molecule has 0 aliphatic heterocycles. The maximum absolute atomic E-state index is 2.28. The largest absolute Gasteiger partial charge is 0.102 e. The highest BCUT2D eigenvalue weighted by Crippen LogP contribution is 2.09. The summed E-state index contributed by atoms with van der Waals surface area (Å²) in [4.78, 5) is 0. The molecule has 0 saturated carbocycles.